The normalized spacial score (nSPS) is 12.3. The van der Waals surface area contributed by atoms with Crippen LogP contribution in [0.15, 0.2) is 131 Å². The van der Waals surface area contributed by atoms with Crippen LogP contribution >= 0.6 is 23.2 Å². The van der Waals surface area contributed by atoms with Crippen LogP contribution in [0.4, 0.5) is 11.4 Å². The number of H-pyrrole nitrogens is 2. The molecule has 7 aromatic rings. The maximum absolute atomic E-state index is 6.09. The minimum Gasteiger partial charge on any atom is -0.324 e. The van der Waals surface area contributed by atoms with Gasteiger partial charge in [-0.25, -0.2) is 20.0 Å². The summed E-state index contributed by atoms with van der Waals surface area (Å²) in [6.45, 7) is 0. The maximum Gasteiger partial charge on any atom is 0.141 e. The second kappa shape index (κ2) is 11.1. The topological polar surface area (TPSA) is 82.1 Å². The van der Waals surface area contributed by atoms with Crippen molar-refractivity contribution in [2.24, 2.45) is 9.98 Å². The van der Waals surface area contributed by atoms with Crippen molar-refractivity contribution in [3.8, 4) is 22.8 Å². The van der Waals surface area contributed by atoms with Gasteiger partial charge in [-0.15, -0.1) is 0 Å². The first-order valence-corrected chi connectivity index (χ1v) is 14.0. The van der Waals surface area contributed by atoms with Crippen molar-refractivity contribution >= 4 is 56.4 Å². The number of benzene rings is 5. The quantitative estimate of drug-likeness (QED) is 0.217. The van der Waals surface area contributed by atoms with Crippen molar-refractivity contribution in [2.45, 2.75) is 0 Å². The van der Waals surface area contributed by atoms with Gasteiger partial charge in [-0.1, -0.05) is 65.7 Å². The Labute approximate surface area is 250 Å². The summed E-state index contributed by atoms with van der Waals surface area (Å²) in [5, 5.41) is 3.17. The first-order chi connectivity index (χ1) is 20.6. The highest BCUT2D eigenvalue weighted by molar-refractivity contribution is 6.30. The van der Waals surface area contributed by atoms with E-state index < -0.39 is 0 Å². The average molecular weight is 585 g/mol. The predicted octanol–water partition coefficient (Wildman–Crippen LogP) is 8.54. The van der Waals surface area contributed by atoms with E-state index >= 15 is 0 Å². The Kier molecular flexibility index (Phi) is 6.84. The van der Waals surface area contributed by atoms with E-state index in [0.29, 0.717) is 32.7 Å². The number of halogens is 2. The molecule has 5 aromatic carbocycles. The zero-order valence-corrected chi connectivity index (χ0v) is 23.6. The predicted molar refractivity (Wildman–Crippen MR) is 170 cm³/mol. The molecule has 42 heavy (non-hydrogen) atoms. The van der Waals surface area contributed by atoms with Gasteiger partial charge in [0.25, 0.3) is 0 Å². The minimum absolute atomic E-state index is 0.665. The zero-order chi connectivity index (χ0) is 28.5. The molecule has 0 saturated heterocycles. The molecule has 7 rings (SSSR count). The summed E-state index contributed by atoms with van der Waals surface area (Å²) in [6, 6.07) is 38.8. The van der Waals surface area contributed by atoms with Gasteiger partial charge in [0.15, 0.2) is 0 Å². The zero-order valence-electron chi connectivity index (χ0n) is 22.1. The van der Waals surface area contributed by atoms with E-state index in [1.54, 1.807) is 0 Å². The Morgan fingerprint density at radius 1 is 0.476 bits per heavy atom. The van der Waals surface area contributed by atoms with Crippen LogP contribution < -0.4 is 11.0 Å². The smallest absolute Gasteiger partial charge is 0.141 e. The molecule has 0 amide bonds. The summed E-state index contributed by atoms with van der Waals surface area (Å²) in [4.78, 5) is 26.5. The van der Waals surface area contributed by atoms with E-state index in [2.05, 4.69) is 16.0 Å². The second-order valence-electron chi connectivity index (χ2n) is 9.66. The molecule has 6 nitrogen and oxygen atoms in total. The van der Waals surface area contributed by atoms with Crippen LogP contribution in [0.2, 0.25) is 10.0 Å². The van der Waals surface area contributed by atoms with Crippen molar-refractivity contribution < 1.29 is 0 Å². The lowest BCUT2D eigenvalue weighted by molar-refractivity contribution is 1.12. The number of fused-ring (bicyclic) bond motifs is 2. The molecule has 2 N–H and O–H groups in total. The third kappa shape index (κ3) is 5.33. The monoisotopic (exact) mass is 584 g/mol. The summed E-state index contributed by atoms with van der Waals surface area (Å²) in [5.74, 6) is 1.38. The summed E-state index contributed by atoms with van der Waals surface area (Å²) in [7, 11) is 0. The second-order valence-corrected chi connectivity index (χ2v) is 10.5. The minimum atomic E-state index is 0.665. The lowest BCUT2D eigenvalue weighted by atomic mass is 10.1. The lowest BCUT2D eigenvalue weighted by Crippen LogP contribution is -2.12. The van der Waals surface area contributed by atoms with Gasteiger partial charge < -0.3 is 9.97 Å². The van der Waals surface area contributed by atoms with Crippen LogP contribution in [0.25, 0.3) is 44.6 Å². The molecule has 0 bridgehead atoms. The molecule has 0 radical (unpaired) electrons. The van der Waals surface area contributed by atoms with Gasteiger partial charge in [0, 0.05) is 31.9 Å². The molecular formula is C34H22Cl2N6. The fourth-order valence-corrected chi connectivity index (χ4v) is 5.00. The lowest BCUT2D eigenvalue weighted by Gasteiger charge is -2.09. The van der Waals surface area contributed by atoms with Crippen LogP contribution in [-0.2, 0) is 0 Å². The third-order valence-electron chi connectivity index (χ3n) is 6.80. The highest BCUT2D eigenvalue weighted by atomic mass is 35.5. The average Bonchev–Trinajstić information content (AvgIpc) is 3.03. The number of aromatic amines is 2. The van der Waals surface area contributed by atoms with Crippen molar-refractivity contribution in [1.29, 1.82) is 0 Å². The Balaban J connectivity index is 1.37. The van der Waals surface area contributed by atoms with Gasteiger partial charge in [0.1, 0.15) is 22.6 Å². The van der Waals surface area contributed by atoms with E-state index in [9.17, 15) is 0 Å². The first kappa shape index (κ1) is 25.9. The van der Waals surface area contributed by atoms with Crippen LogP contribution in [-0.4, -0.2) is 19.9 Å². The Morgan fingerprint density at radius 3 is 1.36 bits per heavy atom. The standard InChI is InChI=1S/C34H22Cl2N6/c35-23-12-16-25(17-13-23)37-33-27-8-1-3-10-29(27)39-31(41-33)21-6-5-7-22(20-21)32-40-30-11-4-2-9-28(30)34(42-32)38-26-18-14-24(36)15-19-26/h1-20H,(H,37,39,41)(H,38,40,42). The first-order valence-electron chi connectivity index (χ1n) is 13.3. The molecule has 0 atom stereocenters. The molecule has 2 heterocycles. The third-order valence-corrected chi connectivity index (χ3v) is 7.30. The number of nitrogens with zero attached hydrogens (tertiary/aromatic N) is 4. The van der Waals surface area contributed by atoms with E-state index in [4.69, 9.17) is 43.2 Å². The summed E-state index contributed by atoms with van der Waals surface area (Å²) in [6.07, 6.45) is 0. The van der Waals surface area contributed by atoms with E-state index in [0.717, 1.165) is 44.3 Å². The fraction of sp³-hybridized carbons (Fsp3) is 0. The molecule has 0 aliphatic heterocycles. The van der Waals surface area contributed by atoms with Crippen LogP contribution in [0.3, 0.4) is 0 Å². The number of aromatic nitrogens is 4. The Hall–Kier alpha value is -5.04. The molecule has 0 spiro atoms. The molecule has 0 unspecified atom stereocenters. The molecular weight excluding hydrogens is 563 g/mol. The highest BCUT2D eigenvalue weighted by Crippen LogP contribution is 2.24. The van der Waals surface area contributed by atoms with Crippen molar-refractivity contribution in [1.82, 2.24) is 19.9 Å². The number of hydrogen-bond acceptors (Lipinski definition) is 4. The molecule has 8 heteroatoms. The van der Waals surface area contributed by atoms with Crippen molar-refractivity contribution in [2.75, 3.05) is 0 Å². The SMILES string of the molecule is Clc1ccc(N=c2[nH]c(-c3cccc(-c4nc5ccccc5c(=Nc5ccc(Cl)cc5)[nH]4)c3)nc3ccccc23)cc1. The summed E-state index contributed by atoms with van der Waals surface area (Å²) < 4.78 is 0. The largest absolute Gasteiger partial charge is 0.324 e. The molecule has 0 saturated carbocycles. The number of para-hydroxylation sites is 2. The van der Waals surface area contributed by atoms with Gasteiger partial charge in [-0.05, 0) is 78.9 Å². The van der Waals surface area contributed by atoms with E-state index in [-0.39, 0.29) is 0 Å². The van der Waals surface area contributed by atoms with Crippen LogP contribution in [0.5, 0.6) is 0 Å². The number of hydrogen-bond donors (Lipinski definition) is 2. The van der Waals surface area contributed by atoms with E-state index in [1.165, 1.54) is 0 Å². The van der Waals surface area contributed by atoms with Crippen molar-refractivity contribution in [3.63, 3.8) is 0 Å². The van der Waals surface area contributed by atoms with Crippen LogP contribution in [0, 0.1) is 0 Å². The maximum atomic E-state index is 6.09. The van der Waals surface area contributed by atoms with Gasteiger partial charge in [-0.2, -0.15) is 0 Å². The molecule has 0 aliphatic rings. The molecule has 202 valence electrons. The van der Waals surface area contributed by atoms with E-state index in [1.807, 2.05) is 115 Å². The Morgan fingerprint density at radius 2 is 0.905 bits per heavy atom. The van der Waals surface area contributed by atoms with Gasteiger partial charge >= 0.3 is 0 Å². The fourth-order valence-electron chi connectivity index (χ4n) is 4.75. The van der Waals surface area contributed by atoms with Crippen LogP contribution in [0.1, 0.15) is 0 Å². The Bertz CT molecular complexity index is 2060. The number of nitrogens with one attached hydrogen (secondary N) is 2. The van der Waals surface area contributed by atoms with Gasteiger partial charge in [0.05, 0.1) is 22.4 Å². The molecule has 2 aromatic heterocycles. The van der Waals surface area contributed by atoms with Crippen molar-refractivity contribution in [3.05, 3.63) is 142 Å². The van der Waals surface area contributed by atoms with Gasteiger partial charge in [-0.3, -0.25) is 0 Å². The molecule has 0 aliphatic carbocycles. The van der Waals surface area contributed by atoms with Gasteiger partial charge in [0.2, 0.25) is 0 Å². The summed E-state index contributed by atoms with van der Waals surface area (Å²) in [5.41, 5.74) is 6.46. The summed E-state index contributed by atoms with van der Waals surface area (Å²) >= 11 is 12.2. The number of rotatable bonds is 4. The molecule has 0 fully saturated rings. The highest BCUT2D eigenvalue weighted by Gasteiger charge is 2.10.